The minimum Gasteiger partial charge on any atom is -0.481 e. The minimum absolute atomic E-state index is 0.115. The quantitative estimate of drug-likeness (QED) is 0.203. The Bertz CT molecular complexity index is 1280. The molecule has 0 heterocycles. The van der Waals surface area contributed by atoms with Gasteiger partial charge in [-0.15, -0.1) is 0 Å². The molecule has 5 saturated carbocycles. The molecular formula is C41H67NO5. The van der Waals surface area contributed by atoms with Gasteiger partial charge in [0.25, 0.3) is 0 Å². The van der Waals surface area contributed by atoms with Crippen LogP contribution in [-0.2, 0) is 14.4 Å². The minimum atomic E-state index is -0.901. The lowest BCUT2D eigenvalue weighted by molar-refractivity contribution is -0.238. The zero-order valence-corrected chi connectivity index (χ0v) is 31.4. The van der Waals surface area contributed by atoms with Crippen molar-refractivity contribution in [1.29, 1.82) is 0 Å². The van der Waals surface area contributed by atoms with E-state index in [-0.39, 0.29) is 45.3 Å². The van der Waals surface area contributed by atoms with Crippen LogP contribution >= 0.6 is 0 Å². The zero-order valence-electron chi connectivity index (χ0n) is 31.4. The van der Waals surface area contributed by atoms with Gasteiger partial charge in [0.1, 0.15) is 11.8 Å². The molecule has 0 amide bonds. The van der Waals surface area contributed by atoms with Crippen LogP contribution in [0.5, 0.6) is 0 Å². The molecule has 5 aliphatic carbocycles. The number of hydrogen-bond donors (Lipinski definition) is 3. The molecule has 3 N–H and O–H groups in total. The standard InChI is InChI=1S/C41H67NO5/c1-24(2)22-29(35(46)47)42-41-19-14-26(25(3)4)33(41)27-12-13-31-38(9)17-15-28(34(45)36(5,6)23-32(43)44)37(7,8)30(38)16-18-40(31,11)39(27,10)20-21-41/h24,26-31,33,42H,3,12-23H2,1-2,4-11H3,(H,43,44)(H,46,47)/t26-,27?,28+,29-,30?,31?,33?,38-,39+,40+,41-/m0/s1. The molecule has 11 atom stereocenters. The van der Waals surface area contributed by atoms with Gasteiger partial charge in [0.2, 0.25) is 0 Å². The Balaban J connectivity index is 1.47. The predicted octanol–water partition coefficient (Wildman–Crippen LogP) is 9.17. The summed E-state index contributed by atoms with van der Waals surface area (Å²) in [7, 11) is 0. The molecule has 0 aromatic heterocycles. The van der Waals surface area contributed by atoms with Gasteiger partial charge in [0.15, 0.2) is 0 Å². The lowest BCUT2D eigenvalue weighted by Crippen LogP contribution is -2.69. The van der Waals surface area contributed by atoms with Crippen LogP contribution in [0, 0.1) is 68.5 Å². The van der Waals surface area contributed by atoms with Gasteiger partial charge in [-0.3, -0.25) is 19.7 Å². The van der Waals surface area contributed by atoms with Crippen LogP contribution in [0.2, 0.25) is 0 Å². The highest BCUT2D eigenvalue weighted by molar-refractivity contribution is 5.90. The Labute approximate surface area is 285 Å². The van der Waals surface area contributed by atoms with Crippen molar-refractivity contribution >= 4 is 17.7 Å². The van der Waals surface area contributed by atoms with Crippen molar-refractivity contribution in [2.24, 2.45) is 68.5 Å². The SMILES string of the molecule is C=C(C)[C@@H]1CC[C@]2(N[C@@H](CC(C)C)C(=O)O)CC[C@]3(C)C(CCC4[C@@]5(C)CC[C@H](C(=O)C(C)(C)CC(=O)O)C(C)(C)C5CC[C@]43C)C12. The van der Waals surface area contributed by atoms with Crippen LogP contribution in [-0.4, -0.2) is 39.5 Å². The molecule has 0 aromatic rings. The van der Waals surface area contributed by atoms with E-state index < -0.39 is 23.4 Å². The lowest BCUT2D eigenvalue weighted by Gasteiger charge is -2.73. The molecule has 0 radical (unpaired) electrons. The monoisotopic (exact) mass is 654 g/mol. The van der Waals surface area contributed by atoms with Crippen LogP contribution in [0.3, 0.4) is 0 Å². The first-order valence-corrected chi connectivity index (χ1v) is 19.0. The second kappa shape index (κ2) is 12.0. The third kappa shape index (κ3) is 5.57. The third-order valence-corrected chi connectivity index (χ3v) is 16.1. The van der Waals surface area contributed by atoms with Gasteiger partial charge >= 0.3 is 11.9 Å². The van der Waals surface area contributed by atoms with Crippen LogP contribution in [0.25, 0.3) is 0 Å². The first-order chi connectivity index (χ1) is 21.6. The van der Waals surface area contributed by atoms with E-state index in [9.17, 15) is 24.6 Å². The van der Waals surface area contributed by atoms with E-state index in [0.717, 1.165) is 51.4 Å². The smallest absolute Gasteiger partial charge is 0.320 e. The van der Waals surface area contributed by atoms with Crippen molar-refractivity contribution in [1.82, 2.24) is 5.32 Å². The number of carboxylic acids is 2. The fourth-order valence-corrected chi connectivity index (χ4v) is 13.8. The fourth-order valence-electron chi connectivity index (χ4n) is 13.8. The number of hydrogen-bond acceptors (Lipinski definition) is 4. The van der Waals surface area contributed by atoms with Crippen molar-refractivity contribution in [2.75, 3.05) is 0 Å². The molecule has 5 aliphatic rings. The van der Waals surface area contributed by atoms with Gasteiger partial charge in [-0.25, -0.2) is 0 Å². The van der Waals surface area contributed by atoms with Gasteiger partial charge < -0.3 is 10.2 Å². The fraction of sp³-hybridized carbons (Fsp3) is 0.878. The number of Topliss-reactive ketones (excluding diaryl/α,β-unsaturated/α-hetero) is 1. The van der Waals surface area contributed by atoms with Crippen molar-refractivity contribution in [3.8, 4) is 0 Å². The molecule has 47 heavy (non-hydrogen) atoms. The summed E-state index contributed by atoms with van der Waals surface area (Å²) in [6.45, 7) is 27.0. The number of allylic oxidation sites excluding steroid dienone is 1. The largest absolute Gasteiger partial charge is 0.481 e. The molecular weight excluding hydrogens is 586 g/mol. The number of carboxylic acid groups (broad SMARTS) is 2. The first-order valence-electron chi connectivity index (χ1n) is 19.0. The van der Waals surface area contributed by atoms with Gasteiger partial charge in [-0.1, -0.05) is 74.5 Å². The van der Waals surface area contributed by atoms with Crippen LogP contribution < -0.4 is 5.32 Å². The molecule has 0 saturated heterocycles. The van der Waals surface area contributed by atoms with Gasteiger partial charge in [0.05, 0.1) is 6.42 Å². The Kier molecular flexibility index (Phi) is 9.32. The lowest BCUT2D eigenvalue weighted by atomic mass is 9.32. The Morgan fingerprint density at radius 2 is 1.51 bits per heavy atom. The van der Waals surface area contributed by atoms with E-state index >= 15 is 0 Å². The van der Waals surface area contributed by atoms with Crippen LogP contribution in [0.15, 0.2) is 12.2 Å². The van der Waals surface area contributed by atoms with E-state index in [2.05, 4.69) is 67.3 Å². The van der Waals surface area contributed by atoms with E-state index in [1.165, 1.54) is 18.4 Å². The number of rotatable bonds is 10. The zero-order chi connectivity index (χ0) is 35.1. The molecule has 5 rings (SSSR count). The van der Waals surface area contributed by atoms with Crippen molar-refractivity contribution in [2.45, 2.75) is 158 Å². The number of carbonyl (C=O) groups is 3. The average Bonchev–Trinajstić information content (AvgIpc) is 3.31. The highest BCUT2D eigenvalue weighted by atomic mass is 16.4. The summed E-state index contributed by atoms with van der Waals surface area (Å²) >= 11 is 0. The first kappa shape index (κ1) is 36.6. The molecule has 6 heteroatoms. The average molecular weight is 654 g/mol. The van der Waals surface area contributed by atoms with Gasteiger partial charge in [0, 0.05) is 16.9 Å². The second-order valence-corrected chi connectivity index (χ2v) is 19.7. The maximum Gasteiger partial charge on any atom is 0.320 e. The summed E-state index contributed by atoms with van der Waals surface area (Å²) in [4.78, 5) is 38.2. The summed E-state index contributed by atoms with van der Waals surface area (Å²) in [6, 6.07) is -0.521. The van der Waals surface area contributed by atoms with Crippen molar-refractivity contribution < 1.29 is 24.6 Å². The number of aliphatic carboxylic acids is 2. The van der Waals surface area contributed by atoms with Gasteiger partial charge in [-0.2, -0.15) is 0 Å². The summed E-state index contributed by atoms with van der Waals surface area (Å²) in [6.07, 6.45) is 11.3. The van der Waals surface area contributed by atoms with Gasteiger partial charge in [-0.05, 0) is 135 Å². The maximum atomic E-state index is 14.0. The third-order valence-electron chi connectivity index (χ3n) is 16.1. The number of carbonyl (C=O) groups excluding carboxylic acids is 1. The van der Waals surface area contributed by atoms with Crippen LogP contribution in [0.1, 0.15) is 146 Å². The van der Waals surface area contributed by atoms with Crippen molar-refractivity contribution in [3.63, 3.8) is 0 Å². The van der Waals surface area contributed by atoms with E-state index in [1.54, 1.807) is 0 Å². The Hall–Kier alpha value is -1.69. The van der Waals surface area contributed by atoms with E-state index in [1.807, 2.05) is 13.8 Å². The normalized spacial score (nSPS) is 43.2. The Morgan fingerprint density at radius 3 is 2.09 bits per heavy atom. The number of nitrogens with one attached hydrogen (secondary N) is 1. The van der Waals surface area contributed by atoms with E-state index in [4.69, 9.17) is 0 Å². The second-order valence-electron chi connectivity index (χ2n) is 19.7. The molecule has 6 nitrogen and oxygen atoms in total. The van der Waals surface area contributed by atoms with E-state index in [0.29, 0.717) is 41.9 Å². The summed E-state index contributed by atoms with van der Waals surface area (Å²) in [5.41, 5.74) is 0.485. The highest BCUT2D eigenvalue weighted by Crippen LogP contribution is 2.77. The molecule has 0 bridgehead atoms. The van der Waals surface area contributed by atoms with Crippen LogP contribution in [0.4, 0.5) is 0 Å². The topological polar surface area (TPSA) is 104 Å². The molecule has 5 fully saturated rings. The molecule has 0 aromatic carbocycles. The Morgan fingerprint density at radius 1 is 0.851 bits per heavy atom. The van der Waals surface area contributed by atoms with Crippen molar-refractivity contribution in [3.05, 3.63) is 12.2 Å². The predicted molar refractivity (Wildman–Crippen MR) is 188 cm³/mol. The number of ketones is 1. The maximum absolute atomic E-state index is 14.0. The molecule has 0 spiro atoms. The molecule has 4 unspecified atom stereocenters. The molecule has 266 valence electrons. The summed E-state index contributed by atoms with van der Waals surface area (Å²) in [5, 5.41) is 23.8. The molecule has 0 aliphatic heterocycles. The summed E-state index contributed by atoms with van der Waals surface area (Å²) in [5.74, 6) is 1.04. The summed E-state index contributed by atoms with van der Waals surface area (Å²) < 4.78 is 0. The highest BCUT2D eigenvalue weighted by Gasteiger charge is 2.71. The number of fused-ring (bicyclic) bond motifs is 7.